The number of rotatable bonds is 3. The molecular weight excluding hydrogens is 328 g/mol. The summed E-state index contributed by atoms with van der Waals surface area (Å²) >= 11 is 0. The third-order valence-electron chi connectivity index (χ3n) is 5.18. The van der Waals surface area contributed by atoms with Crippen molar-refractivity contribution < 1.29 is 4.79 Å². The van der Waals surface area contributed by atoms with Gasteiger partial charge in [0, 0.05) is 25.7 Å². The van der Waals surface area contributed by atoms with Crippen molar-refractivity contribution in [3.8, 4) is 0 Å². The van der Waals surface area contributed by atoms with Crippen molar-refractivity contribution in [1.82, 2.24) is 24.5 Å². The lowest BCUT2D eigenvalue weighted by molar-refractivity contribution is 0.209. The summed E-state index contributed by atoms with van der Waals surface area (Å²) in [7, 11) is 0. The minimum Gasteiger partial charge on any atom is -0.319 e. The Morgan fingerprint density at radius 2 is 2.27 bits per heavy atom. The maximum Gasteiger partial charge on any atom is 0.323 e. The largest absolute Gasteiger partial charge is 0.323 e. The maximum atomic E-state index is 12.8. The molecule has 1 aliphatic heterocycles. The van der Waals surface area contributed by atoms with Crippen LogP contribution in [0.5, 0.6) is 0 Å². The van der Waals surface area contributed by atoms with Crippen LogP contribution in [0.3, 0.4) is 0 Å². The summed E-state index contributed by atoms with van der Waals surface area (Å²) in [5.74, 6) is 1.37. The van der Waals surface area contributed by atoms with Gasteiger partial charge in [-0.3, -0.25) is 10.00 Å². The van der Waals surface area contributed by atoms with E-state index in [0.717, 1.165) is 56.1 Å². The molecule has 2 amide bonds. The number of allylic oxidation sites excluding steroid dienone is 2. The number of urea groups is 1. The summed E-state index contributed by atoms with van der Waals surface area (Å²) in [4.78, 5) is 14.7. The molecule has 138 valence electrons. The Labute approximate surface area is 153 Å². The van der Waals surface area contributed by atoms with Gasteiger partial charge in [0.05, 0.1) is 24.1 Å². The minimum atomic E-state index is -0.0670. The molecule has 2 aromatic rings. The molecule has 0 saturated carbocycles. The van der Waals surface area contributed by atoms with Gasteiger partial charge in [0.15, 0.2) is 0 Å². The standard InChI is InChI=1S/C19H26N6O/c1-15-12-17-14-23(10-5-11-24(17)22-15)19(26)21-18-8-9-20-25(18)13-16-6-3-2-4-7-16/h2-3,8-9,12,16H,4-7,10-11,13-14H2,1H3,(H,21,26)/t16-/m0/s1. The van der Waals surface area contributed by atoms with Crippen LogP contribution in [-0.2, 0) is 19.6 Å². The molecule has 1 N–H and O–H groups in total. The number of hydrogen-bond donors (Lipinski definition) is 1. The topological polar surface area (TPSA) is 68.0 Å². The van der Waals surface area contributed by atoms with Crippen LogP contribution in [-0.4, -0.2) is 37.0 Å². The highest BCUT2D eigenvalue weighted by Gasteiger charge is 2.21. The quantitative estimate of drug-likeness (QED) is 0.861. The van der Waals surface area contributed by atoms with Gasteiger partial charge in [-0.1, -0.05) is 12.2 Å². The van der Waals surface area contributed by atoms with E-state index in [4.69, 9.17) is 0 Å². The average Bonchev–Trinajstić information content (AvgIpc) is 3.15. The molecule has 0 spiro atoms. The molecule has 0 unspecified atom stereocenters. The monoisotopic (exact) mass is 354 g/mol. The van der Waals surface area contributed by atoms with E-state index in [1.165, 1.54) is 6.42 Å². The van der Waals surface area contributed by atoms with Gasteiger partial charge < -0.3 is 4.90 Å². The number of nitrogens with one attached hydrogen (secondary N) is 1. The molecule has 3 heterocycles. The zero-order chi connectivity index (χ0) is 17.9. The number of hydrogen-bond acceptors (Lipinski definition) is 3. The molecule has 7 nitrogen and oxygen atoms in total. The van der Waals surface area contributed by atoms with Crippen molar-refractivity contribution in [2.45, 2.75) is 52.2 Å². The van der Waals surface area contributed by atoms with E-state index in [-0.39, 0.29) is 6.03 Å². The van der Waals surface area contributed by atoms with Gasteiger partial charge in [-0.15, -0.1) is 0 Å². The van der Waals surface area contributed by atoms with E-state index in [1.807, 2.05) is 27.3 Å². The van der Waals surface area contributed by atoms with E-state index in [9.17, 15) is 4.79 Å². The lowest BCUT2D eigenvalue weighted by atomic mass is 9.94. The average molecular weight is 354 g/mol. The lowest BCUT2D eigenvalue weighted by Gasteiger charge is -2.22. The Hall–Kier alpha value is -2.57. The molecule has 1 atom stereocenters. The number of anilines is 1. The van der Waals surface area contributed by atoms with Gasteiger partial charge >= 0.3 is 6.03 Å². The highest BCUT2D eigenvalue weighted by molar-refractivity contribution is 5.88. The Balaban J connectivity index is 1.42. The summed E-state index contributed by atoms with van der Waals surface area (Å²) in [6.07, 6.45) is 10.6. The predicted octanol–water partition coefficient (Wildman–Crippen LogP) is 3.18. The van der Waals surface area contributed by atoms with E-state index >= 15 is 0 Å². The van der Waals surface area contributed by atoms with Gasteiger partial charge in [-0.05, 0) is 44.6 Å². The molecule has 7 heteroatoms. The van der Waals surface area contributed by atoms with Crippen molar-refractivity contribution in [1.29, 1.82) is 0 Å². The van der Waals surface area contributed by atoms with E-state index < -0.39 is 0 Å². The smallest absolute Gasteiger partial charge is 0.319 e. The first-order valence-electron chi connectivity index (χ1n) is 9.45. The van der Waals surface area contributed by atoms with Crippen LogP contribution in [0, 0.1) is 12.8 Å². The zero-order valence-corrected chi connectivity index (χ0v) is 15.3. The molecule has 0 aromatic carbocycles. The molecule has 0 radical (unpaired) electrons. The molecule has 2 aromatic heterocycles. The highest BCUT2D eigenvalue weighted by atomic mass is 16.2. The second kappa shape index (κ2) is 7.35. The van der Waals surface area contributed by atoms with Crippen LogP contribution in [0.1, 0.15) is 37.1 Å². The third-order valence-corrected chi connectivity index (χ3v) is 5.18. The molecule has 0 saturated heterocycles. The molecular formula is C19H26N6O. The van der Waals surface area contributed by atoms with E-state index in [0.29, 0.717) is 12.5 Å². The first-order chi connectivity index (χ1) is 12.7. The van der Waals surface area contributed by atoms with Gasteiger partial charge in [-0.25, -0.2) is 9.48 Å². The molecule has 4 rings (SSSR count). The number of aromatic nitrogens is 4. The van der Waals surface area contributed by atoms with Gasteiger partial charge in [0.25, 0.3) is 0 Å². The number of carbonyl (C=O) groups excluding carboxylic acids is 1. The first kappa shape index (κ1) is 16.9. The van der Waals surface area contributed by atoms with Crippen LogP contribution in [0.15, 0.2) is 30.5 Å². The highest BCUT2D eigenvalue weighted by Crippen LogP contribution is 2.22. The second-order valence-electron chi connectivity index (χ2n) is 7.25. The summed E-state index contributed by atoms with van der Waals surface area (Å²) in [6.45, 7) is 5.02. The third kappa shape index (κ3) is 3.66. The summed E-state index contributed by atoms with van der Waals surface area (Å²) < 4.78 is 3.94. The SMILES string of the molecule is Cc1cc2n(n1)CCCN(C(=O)Nc1ccnn1C[C@H]1CC=CCC1)C2. The normalized spacial score (nSPS) is 19.9. The fraction of sp³-hybridized carbons (Fsp3) is 0.526. The molecule has 26 heavy (non-hydrogen) atoms. The fourth-order valence-corrected chi connectivity index (χ4v) is 3.82. The fourth-order valence-electron chi connectivity index (χ4n) is 3.82. The van der Waals surface area contributed by atoms with Crippen LogP contribution in [0.25, 0.3) is 0 Å². The summed E-state index contributed by atoms with van der Waals surface area (Å²) in [5.41, 5.74) is 2.10. The second-order valence-corrected chi connectivity index (χ2v) is 7.25. The van der Waals surface area contributed by atoms with Crippen molar-refractivity contribution in [2.24, 2.45) is 5.92 Å². The van der Waals surface area contributed by atoms with Gasteiger partial charge in [0.1, 0.15) is 5.82 Å². The Morgan fingerprint density at radius 3 is 3.12 bits per heavy atom. The Bertz CT molecular complexity index is 805. The van der Waals surface area contributed by atoms with Crippen molar-refractivity contribution >= 4 is 11.8 Å². The number of fused-ring (bicyclic) bond motifs is 1. The predicted molar refractivity (Wildman–Crippen MR) is 99.7 cm³/mol. The van der Waals surface area contributed by atoms with E-state index in [2.05, 4.69) is 33.7 Å². The number of nitrogens with zero attached hydrogens (tertiary/aromatic N) is 5. The maximum absolute atomic E-state index is 12.8. The lowest BCUT2D eigenvalue weighted by Crippen LogP contribution is -2.35. The Kier molecular flexibility index (Phi) is 4.77. The van der Waals surface area contributed by atoms with Crippen LogP contribution in [0.2, 0.25) is 0 Å². The van der Waals surface area contributed by atoms with Gasteiger partial charge in [-0.2, -0.15) is 10.2 Å². The van der Waals surface area contributed by atoms with Crippen LogP contribution < -0.4 is 5.32 Å². The van der Waals surface area contributed by atoms with E-state index in [1.54, 1.807) is 6.20 Å². The Morgan fingerprint density at radius 1 is 1.35 bits per heavy atom. The number of aryl methyl sites for hydroxylation is 2. The van der Waals surface area contributed by atoms with Crippen molar-refractivity contribution in [2.75, 3.05) is 11.9 Å². The van der Waals surface area contributed by atoms with Gasteiger partial charge in [0.2, 0.25) is 0 Å². The first-order valence-corrected chi connectivity index (χ1v) is 9.45. The minimum absolute atomic E-state index is 0.0670. The summed E-state index contributed by atoms with van der Waals surface area (Å²) in [5, 5.41) is 12.0. The number of amides is 2. The zero-order valence-electron chi connectivity index (χ0n) is 15.3. The van der Waals surface area contributed by atoms with Crippen molar-refractivity contribution in [3.63, 3.8) is 0 Å². The van der Waals surface area contributed by atoms with Crippen molar-refractivity contribution in [3.05, 3.63) is 41.9 Å². The molecule has 0 bridgehead atoms. The van der Waals surface area contributed by atoms with Crippen LogP contribution >= 0.6 is 0 Å². The number of carbonyl (C=O) groups is 1. The van der Waals surface area contributed by atoms with Crippen LogP contribution in [0.4, 0.5) is 10.6 Å². The molecule has 0 fully saturated rings. The summed E-state index contributed by atoms with van der Waals surface area (Å²) in [6, 6.07) is 3.87. The molecule has 2 aliphatic rings. The molecule has 1 aliphatic carbocycles.